The molecule has 0 saturated carbocycles. The van der Waals surface area contributed by atoms with Crippen molar-refractivity contribution in [1.82, 2.24) is 0 Å². The summed E-state index contributed by atoms with van der Waals surface area (Å²) in [5, 5.41) is 9.54. The summed E-state index contributed by atoms with van der Waals surface area (Å²) in [7, 11) is 0. The summed E-state index contributed by atoms with van der Waals surface area (Å²) in [4.78, 5) is 14.1. The third-order valence-corrected chi connectivity index (χ3v) is 3.74. The Morgan fingerprint density at radius 3 is 2.63 bits per heavy atom. The van der Waals surface area contributed by atoms with Crippen LogP contribution < -0.4 is 4.90 Å². The van der Waals surface area contributed by atoms with E-state index in [1.807, 2.05) is 23.1 Å². The molecular weight excluding hydrogens is 238 g/mol. The average Bonchev–Trinajstić information content (AvgIpc) is 2.37. The first kappa shape index (κ1) is 14.1. The maximum atomic E-state index is 12.3. The number of aliphatic hydroxyl groups excluding tert-OH is 1. The lowest BCUT2D eigenvalue weighted by Crippen LogP contribution is -2.46. The van der Waals surface area contributed by atoms with Gasteiger partial charge in [0.2, 0.25) is 5.91 Å². The molecule has 104 valence electrons. The molecular formula is C16H23NO2. The third kappa shape index (κ3) is 2.81. The number of carbonyl (C=O) groups is 1. The Morgan fingerprint density at radius 2 is 2.00 bits per heavy atom. The number of nitrogens with zero attached hydrogens (tertiary/aromatic N) is 1. The van der Waals surface area contributed by atoms with Gasteiger partial charge < -0.3 is 10.0 Å². The van der Waals surface area contributed by atoms with Crippen LogP contribution in [-0.4, -0.2) is 23.7 Å². The Hall–Kier alpha value is -1.35. The fourth-order valence-electron chi connectivity index (χ4n) is 2.76. The third-order valence-electron chi connectivity index (χ3n) is 3.74. The van der Waals surface area contributed by atoms with Gasteiger partial charge in [0.05, 0.1) is 12.6 Å². The van der Waals surface area contributed by atoms with Crippen LogP contribution in [0.3, 0.4) is 0 Å². The van der Waals surface area contributed by atoms with Gasteiger partial charge in [0, 0.05) is 12.1 Å². The van der Waals surface area contributed by atoms with E-state index < -0.39 is 0 Å². The minimum Gasteiger partial charge on any atom is -0.394 e. The summed E-state index contributed by atoms with van der Waals surface area (Å²) in [6, 6.07) is 7.95. The summed E-state index contributed by atoms with van der Waals surface area (Å²) in [5.41, 5.74) is 2.09. The molecule has 1 amide bonds. The van der Waals surface area contributed by atoms with Crippen LogP contribution in [-0.2, 0) is 10.2 Å². The molecule has 0 bridgehead atoms. The topological polar surface area (TPSA) is 40.5 Å². The zero-order valence-electron chi connectivity index (χ0n) is 12.0. The number of para-hydroxylation sites is 1. The van der Waals surface area contributed by atoms with Crippen LogP contribution in [0.1, 0.15) is 45.6 Å². The molecule has 1 unspecified atom stereocenters. The number of piperidine rings is 1. The Labute approximate surface area is 115 Å². The van der Waals surface area contributed by atoms with E-state index in [1.54, 1.807) is 0 Å². The molecule has 0 radical (unpaired) electrons. The molecule has 1 fully saturated rings. The summed E-state index contributed by atoms with van der Waals surface area (Å²) < 4.78 is 0. The second-order valence-corrected chi connectivity index (χ2v) is 6.26. The Morgan fingerprint density at radius 1 is 1.32 bits per heavy atom. The normalized spacial score (nSPS) is 20.7. The van der Waals surface area contributed by atoms with Crippen LogP contribution in [0, 0.1) is 0 Å². The number of benzene rings is 1. The van der Waals surface area contributed by atoms with Crippen LogP contribution in [0.15, 0.2) is 24.3 Å². The highest BCUT2D eigenvalue weighted by molar-refractivity contribution is 5.95. The highest BCUT2D eigenvalue weighted by atomic mass is 16.3. The van der Waals surface area contributed by atoms with Crippen LogP contribution in [0.5, 0.6) is 0 Å². The number of amides is 1. The van der Waals surface area contributed by atoms with Crippen LogP contribution in [0.4, 0.5) is 5.69 Å². The fraction of sp³-hybridized carbons (Fsp3) is 0.562. The minimum absolute atomic E-state index is 0.0195. The average molecular weight is 261 g/mol. The first-order chi connectivity index (χ1) is 8.95. The Kier molecular flexibility index (Phi) is 3.95. The summed E-state index contributed by atoms with van der Waals surface area (Å²) in [6.45, 7) is 6.47. The number of aliphatic hydroxyl groups is 1. The van der Waals surface area contributed by atoms with Crippen molar-refractivity contribution < 1.29 is 9.90 Å². The van der Waals surface area contributed by atoms with Crippen LogP contribution in [0.25, 0.3) is 0 Å². The van der Waals surface area contributed by atoms with Crippen molar-refractivity contribution in [3.63, 3.8) is 0 Å². The van der Waals surface area contributed by atoms with E-state index in [-0.39, 0.29) is 24.0 Å². The maximum Gasteiger partial charge on any atom is 0.227 e. The van der Waals surface area contributed by atoms with E-state index in [1.165, 1.54) is 0 Å². The monoisotopic (exact) mass is 261 g/mol. The molecule has 0 aromatic heterocycles. The predicted octanol–water partition coefficient (Wildman–Crippen LogP) is 2.86. The van der Waals surface area contributed by atoms with Gasteiger partial charge in [-0.05, 0) is 29.9 Å². The van der Waals surface area contributed by atoms with Gasteiger partial charge in [0.25, 0.3) is 0 Å². The van der Waals surface area contributed by atoms with Gasteiger partial charge in [0.15, 0.2) is 0 Å². The molecule has 1 atom stereocenters. The maximum absolute atomic E-state index is 12.3. The number of hydrogen-bond acceptors (Lipinski definition) is 2. The number of hydrogen-bond donors (Lipinski definition) is 1. The predicted molar refractivity (Wildman–Crippen MR) is 77.4 cm³/mol. The molecule has 3 nitrogen and oxygen atoms in total. The molecule has 0 spiro atoms. The Bertz CT molecular complexity index is 462. The highest BCUT2D eigenvalue weighted by Crippen LogP contribution is 2.35. The summed E-state index contributed by atoms with van der Waals surface area (Å²) >= 11 is 0. The molecule has 1 aromatic carbocycles. The lowest BCUT2D eigenvalue weighted by Gasteiger charge is -2.37. The van der Waals surface area contributed by atoms with E-state index in [4.69, 9.17) is 0 Å². The molecule has 1 saturated heterocycles. The van der Waals surface area contributed by atoms with Gasteiger partial charge in [-0.25, -0.2) is 0 Å². The van der Waals surface area contributed by atoms with Gasteiger partial charge in [-0.15, -0.1) is 0 Å². The first-order valence-electron chi connectivity index (χ1n) is 6.97. The van der Waals surface area contributed by atoms with Crippen molar-refractivity contribution in [1.29, 1.82) is 0 Å². The molecule has 2 rings (SSSR count). The largest absolute Gasteiger partial charge is 0.394 e. The molecule has 0 aliphatic carbocycles. The number of rotatable bonds is 2. The smallest absolute Gasteiger partial charge is 0.227 e. The minimum atomic E-state index is -0.0789. The van der Waals surface area contributed by atoms with Gasteiger partial charge in [-0.2, -0.15) is 0 Å². The van der Waals surface area contributed by atoms with E-state index >= 15 is 0 Å². The SMILES string of the molecule is CC(C)(C)c1ccccc1N1C(=O)CCCC1CO. The van der Waals surface area contributed by atoms with Gasteiger partial charge in [-0.3, -0.25) is 4.79 Å². The second kappa shape index (κ2) is 5.33. The van der Waals surface area contributed by atoms with Crippen LogP contribution >= 0.6 is 0 Å². The van der Waals surface area contributed by atoms with Crippen molar-refractivity contribution in [2.45, 2.75) is 51.5 Å². The molecule has 3 heteroatoms. The standard InChI is InChI=1S/C16H23NO2/c1-16(2,3)13-8-4-5-9-14(13)17-12(11-18)7-6-10-15(17)19/h4-5,8-9,12,18H,6-7,10-11H2,1-3H3. The zero-order valence-corrected chi connectivity index (χ0v) is 12.0. The molecule has 1 heterocycles. The van der Waals surface area contributed by atoms with Crippen LogP contribution in [0.2, 0.25) is 0 Å². The highest BCUT2D eigenvalue weighted by Gasteiger charge is 2.32. The van der Waals surface area contributed by atoms with E-state index in [2.05, 4.69) is 26.8 Å². The molecule has 1 aliphatic heterocycles. The zero-order chi connectivity index (χ0) is 14.0. The Balaban J connectivity index is 2.47. The van der Waals surface area contributed by atoms with Crippen molar-refractivity contribution >= 4 is 11.6 Å². The molecule has 1 aliphatic rings. The number of anilines is 1. The first-order valence-corrected chi connectivity index (χ1v) is 6.97. The summed E-state index contributed by atoms with van der Waals surface area (Å²) in [5.74, 6) is 0.127. The molecule has 19 heavy (non-hydrogen) atoms. The number of carbonyl (C=O) groups excluding carboxylic acids is 1. The molecule has 1 aromatic rings. The fourth-order valence-corrected chi connectivity index (χ4v) is 2.76. The van der Waals surface area contributed by atoms with E-state index in [9.17, 15) is 9.90 Å². The van der Waals surface area contributed by atoms with Crippen molar-refractivity contribution in [2.24, 2.45) is 0 Å². The van der Waals surface area contributed by atoms with E-state index in [0.717, 1.165) is 24.1 Å². The second-order valence-electron chi connectivity index (χ2n) is 6.26. The van der Waals surface area contributed by atoms with Gasteiger partial charge in [-0.1, -0.05) is 39.0 Å². The quantitative estimate of drug-likeness (QED) is 0.889. The van der Waals surface area contributed by atoms with Gasteiger partial charge >= 0.3 is 0 Å². The molecule has 1 N–H and O–H groups in total. The lowest BCUT2D eigenvalue weighted by molar-refractivity contribution is -0.120. The van der Waals surface area contributed by atoms with Crippen molar-refractivity contribution in [3.05, 3.63) is 29.8 Å². The van der Waals surface area contributed by atoms with Crippen molar-refractivity contribution in [3.8, 4) is 0 Å². The van der Waals surface area contributed by atoms with Crippen molar-refractivity contribution in [2.75, 3.05) is 11.5 Å². The lowest BCUT2D eigenvalue weighted by atomic mass is 9.84. The van der Waals surface area contributed by atoms with E-state index in [0.29, 0.717) is 6.42 Å². The summed E-state index contributed by atoms with van der Waals surface area (Å²) in [6.07, 6.45) is 2.33. The van der Waals surface area contributed by atoms with Gasteiger partial charge in [0.1, 0.15) is 0 Å².